The molecule has 1 aromatic carbocycles. The van der Waals surface area contributed by atoms with Crippen molar-refractivity contribution in [3.63, 3.8) is 0 Å². The minimum Gasteiger partial charge on any atom is -0.496 e. The minimum atomic E-state index is -0.255. The molecule has 0 unspecified atom stereocenters. The summed E-state index contributed by atoms with van der Waals surface area (Å²) in [6.45, 7) is 0. The molecule has 7 heteroatoms. The van der Waals surface area contributed by atoms with Crippen LogP contribution in [0.2, 0.25) is 10.2 Å². The Kier molecular flexibility index (Phi) is 6.13. The van der Waals surface area contributed by atoms with Gasteiger partial charge in [0.1, 0.15) is 16.6 Å². The molecule has 0 atom stereocenters. The SMILES string of the molecule is C.COc1ccccc1C(=O)c1c(Br)c(Cl)c(Cl)n1Br. The lowest BCUT2D eigenvalue weighted by molar-refractivity contribution is 0.103. The second-order valence-corrected chi connectivity index (χ2v) is 5.82. The number of nitrogens with zero attached hydrogens (tertiary/aromatic N) is 1. The van der Waals surface area contributed by atoms with Crippen LogP contribution in [0, 0.1) is 0 Å². The Morgan fingerprint density at radius 3 is 2.40 bits per heavy atom. The van der Waals surface area contributed by atoms with E-state index in [9.17, 15) is 4.79 Å². The van der Waals surface area contributed by atoms with Gasteiger partial charge in [0.05, 0.1) is 38.3 Å². The van der Waals surface area contributed by atoms with E-state index in [-0.39, 0.29) is 23.4 Å². The molecule has 0 amide bonds. The average molecular weight is 444 g/mol. The van der Waals surface area contributed by atoms with Crippen LogP contribution in [0.5, 0.6) is 5.75 Å². The number of rotatable bonds is 3. The highest BCUT2D eigenvalue weighted by molar-refractivity contribution is 9.10. The molecule has 0 aliphatic rings. The van der Waals surface area contributed by atoms with E-state index in [1.807, 2.05) is 0 Å². The molecule has 0 bridgehead atoms. The lowest BCUT2D eigenvalue weighted by Gasteiger charge is -2.07. The number of aromatic nitrogens is 1. The molecule has 0 spiro atoms. The van der Waals surface area contributed by atoms with Crippen LogP contribution in [-0.4, -0.2) is 16.5 Å². The van der Waals surface area contributed by atoms with Crippen LogP contribution in [0.1, 0.15) is 23.5 Å². The summed E-state index contributed by atoms with van der Waals surface area (Å²) in [5.41, 5.74) is 0.733. The summed E-state index contributed by atoms with van der Waals surface area (Å²) in [5.74, 6) is 0.232. The molecule has 20 heavy (non-hydrogen) atoms. The van der Waals surface area contributed by atoms with Crippen LogP contribution < -0.4 is 4.74 Å². The quantitative estimate of drug-likeness (QED) is 0.579. The van der Waals surface area contributed by atoms with Gasteiger partial charge in [-0.05, 0) is 28.1 Å². The normalized spacial score (nSPS) is 10.1. The Bertz CT molecular complexity index is 631. The van der Waals surface area contributed by atoms with Gasteiger partial charge in [-0.15, -0.1) is 0 Å². The molecule has 0 N–H and O–H groups in total. The smallest absolute Gasteiger partial charge is 0.215 e. The lowest BCUT2D eigenvalue weighted by Crippen LogP contribution is -2.07. The maximum absolute atomic E-state index is 12.6. The van der Waals surface area contributed by atoms with Crippen molar-refractivity contribution in [1.82, 2.24) is 3.59 Å². The number of hydrogen-bond acceptors (Lipinski definition) is 2. The standard InChI is InChI=1S/C12H7Br2Cl2NO2.CH4/c1-19-7-5-3-2-4-6(7)11(18)10-8(13)9(15)12(16)17(10)14;/h2-5H,1H3;1H4. The van der Waals surface area contributed by atoms with Crippen molar-refractivity contribution in [2.75, 3.05) is 7.11 Å². The molecule has 0 fully saturated rings. The summed E-state index contributed by atoms with van der Waals surface area (Å²) in [4.78, 5) is 12.6. The van der Waals surface area contributed by atoms with Gasteiger partial charge in [-0.2, -0.15) is 0 Å². The Morgan fingerprint density at radius 2 is 1.90 bits per heavy atom. The number of ether oxygens (including phenoxy) is 1. The van der Waals surface area contributed by atoms with Crippen molar-refractivity contribution in [3.05, 3.63) is 50.2 Å². The predicted molar refractivity (Wildman–Crippen MR) is 89.6 cm³/mol. The van der Waals surface area contributed by atoms with Crippen molar-refractivity contribution < 1.29 is 9.53 Å². The number of carbonyl (C=O) groups is 1. The summed E-state index contributed by atoms with van der Waals surface area (Å²) < 4.78 is 6.97. The topological polar surface area (TPSA) is 31.2 Å². The van der Waals surface area contributed by atoms with Gasteiger partial charge in [0.2, 0.25) is 5.78 Å². The van der Waals surface area contributed by atoms with Crippen LogP contribution in [0.4, 0.5) is 0 Å². The first-order valence-corrected chi connectivity index (χ1v) is 7.34. The number of benzene rings is 1. The Morgan fingerprint density at radius 1 is 1.30 bits per heavy atom. The van der Waals surface area contributed by atoms with E-state index in [4.69, 9.17) is 27.9 Å². The molecule has 0 radical (unpaired) electrons. The third-order valence-electron chi connectivity index (χ3n) is 2.52. The monoisotopic (exact) mass is 441 g/mol. The molecule has 2 aromatic rings. The van der Waals surface area contributed by atoms with Crippen LogP contribution in [0.3, 0.4) is 0 Å². The highest BCUT2D eigenvalue weighted by Gasteiger charge is 2.25. The zero-order valence-electron chi connectivity index (χ0n) is 9.58. The molecule has 0 saturated carbocycles. The van der Waals surface area contributed by atoms with Gasteiger partial charge in [-0.1, -0.05) is 42.8 Å². The fourth-order valence-electron chi connectivity index (χ4n) is 1.61. The molecule has 2 rings (SSSR count). The van der Waals surface area contributed by atoms with Crippen LogP contribution >= 0.6 is 55.3 Å². The third kappa shape index (κ3) is 2.91. The number of carbonyl (C=O) groups excluding carboxylic acids is 1. The van der Waals surface area contributed by atoms with Gasteiger partial charge in [0.15, 0.2) is 0 Å². The van der Waals surface area contributed by atoms with E-state index in [1.165, 1.54) is 10.7 Å². The maximum atomic E-state index is 12.6. The van der Waals surface area contributed by atoms with E-state index >= 15 is 0 Å². The summed E-state index contributed by atoms with van der Waals surface area (Å²) in [6, 6.07) is 6.94. The van der Waals surface area contributed by atoms with Crippen LogP contribution in [-0.2, 0) is 0 Å². The first-order chi connectivity index (χ1) is 8.99. The number of methoxy groups -OCH3 is 1. The molecule has 0 saturated heterocycles. The number of hydrogen-bond donors (Lipinski definition) is 0. The van der Waals surface area contributed by atoms with Crippen molar-refractivity contribution >= 4 is 61.1 Å². The third-order valence-corrected chi connectivity index (χ3v) is 5.25. The largest absolute Gasteiger partial charge is 0.496 e. The fourth-order valence-corrected chi connectivity index (χ4v) is 3.48. The number of ketones is 1. The molecular formula is C13H11Br2Cl2NO2. The van der Waals surface area contributed by atoms with Crippen LogP contribution in [0.25, 0.3) is 0 Å². The first-order valence-electron chi connectivity index (χ1n) is 5.08. The highest BCUT2D eigenvalue weighted by atomic mass is 79.9. The minimum absolute atomic E-state index is 0. The van der Waals surface area contributed by atoms with Crippen molar-refractivity contribution in [2.24, 2.45) is 0 Å². The lowest BCUT2D eigenvalue weighted by atomic mass is 10.1. The highest BCUT2D eigenvalue weighted by Crippen LogP contribution is 2.39. The van der Waals surface area contributed by atoms with Gasteiger partial charge < -0.3 is 4.74 Å². The Labute approximate surface area is 144 Å². The van der Waals surface area contributed by atoms with E-state index in [1.54, 1.807) is 24.3 Å². The zero-order valence-corrected chi connectivity index (χ0v) is 14.3. The van der Waals surface area contributed by atoms with Gasteiger partial charge in [-0.25, -0.2) is 0 Å². The Balaban J connectivity index is 0.00000200. The first kappa shape index (κ1) is 17.6. The van der Waals surface area contributed by atoms with Gasteiger partial charge >= 0.3 is 0 Å². The molecule has 0 aliphatic heterocycles. The second-order valence-electron chi connectivity index (χ2n) is 3.58. The van der Waals surface area contributed by atoms with Crippen molar-refractivity contribution in [2.45, 2.75) is 7.43 Å². The summed E-state index contributed by atoms with van der Waals surface area (Å²) in [6.07, 6.45) is 0. The van der Waals surface area contributed by atoms with Crippen molar-refractivity contribution in [3.8, 4) is 5.75 Å². The molecular weight excluding hydrogens is 433 g/mol. The Hall–Kier alpha value is -0.490. The summed E-state index contributed by atoms with van der Waals surface area (Å²) in [7, 11) is 1.51. The van der Waals surface area contributed by atoms with Crippen LogP contribution in [0.15, 0.2) is 28.7 Å². The molecule has 3 nitrogen and oxygen atoms in total. The summed E-state index contributed by atoms with van der Waals surface area (Å²) in [5, 5.41) is 0.503. The maximum Gasteiger partial charge on any atom is 0.215 e. The predicted octanol–water partition coefficient (Wildman–Crippen LogP) is 5.59. The van der Waals surface area contributed by atoms with Gasteiger partial charge in [0, 0.05) is 0 Å². The fraction of sp³-hybridized carbons (Fsp3) is 0.154. The average Bonchev–Trinajstić information content (AvgIpc) is 2.62. The summed E-state index contributed by atoms with van der Waals surface area (Å²) >= 11 is 18.4. The van der Waals surface area contributed by atoms with E-state index in [0.29, 0.717) is 21.5 Å². The second kappa shape index (κ2) is 6.98. The number of halogens is 4. The molecule has 108 valence electrons. The molecule has 0 aliphatic carbocycles. The van der Waals surface area contributed by atoms with E-state index in [0.717, 1.165) is 0 Å². The number of para-hydroxylation sites is 1. The molecule has 1 heterocycles. The van der Waals surface area contributed by atoms with Crippen molar-refractivity contribution in [1.29, 1.82) is 0 Å². The zero-order chi connectivity index (χ0) is 14.2. The van der Waals surface area contributed by atoms with E-state index in [2.05, 4.69) is 32.1 Å². The van der Waals surface area contributed by atoms with E-state index < -0.39 is 0 Å². The molecule has 1 aromatic heterocycles. The van der Waals surface area contributed by atoms with Gasteiger partial charge in [0.25, 0.3) is 0 Å². The van der Waals surface area contributed by atoms with Gasteiger partial charge in [-0.3, -0.25) is 8.39 Å².